The molecule has 1 aliphatic heterocycles. The highest BCUT2D eigenvalue weighted by Gasteiger charge is 2.42. The SMILES string of the molecule is Cc1ccc(-c2ccc([C@H]3[C@@H](c4ccccn4)NC(=S)N3c3ccccc3)o2)c(Br)c1. The fourth-order valence-electron chi connectivity index (χ4n) is 3.99. The van der Waals surface area contributed by atoms with E-state index in [1.807, 2.05) is 48.5 Å². The van der Waals surface area contributed by atoms with Crippen LogP contribution in [-0.4, -0.2) is 10.1 Å². The summed E-state index contributed by atoms with van der Waals surface area (Å²) >= 11 is 9.42. The predicted octanol–water partition coefficient (Wildman–Crippen LogP) is 6.59. The van der Waals surface area contributed by atoms with Gasteiger partial charge < -0.3 is 14.6 Å². The maximum atomic E-state index is 6.43. The number of thiocarbonyl (C=S) groups is 1. The molecule has 0 saturated carbocycles. The molecule has 31 heavy (non-hydrogen) atoms. The van der Waals surface area contributed by atoms with Crippen molar-refractivity contribution in [2.24, 2.45) is 0 Å². The molecule has 1 saturated heterocycles. The van der Waals surface area contributed by atoms with Crippen LogP contribution in [0.25, 0.3) is 11.3 Å². The normalized spacial score (nSPS) is 18.3. The van der Waals surface area contributed by atoms with E-state index < -0.39 is 0 Å². The summed E-state index contributed by atoms with van der Waals surface area (Å²) in [5.41, 5.74) is 4.14. The molecule has 6 heteroatoms. The monoisotopic (exact) mass is 489 g/mol. The minimum Gasteiger partial charge on any atom is -0.459 e. The Morgan fingerprint density at radius 1 is 1.00 bits per heavy atom. The fraction of sp³-hybridized carbons (Fsp3) is 0.120. The highest BCUT2D eigenvalue weighted by molar-refractivity contribution is 9.10. The molecule has 0 spiro atoms. The van der Waals surface area contributed by atoms with Crippen molar-refractivity contribution in [2.75, 3.05) is 4.90 Å². The highest BCUT2D eigenvalue weighted by atomic mass is 79.9. The van der Waals surface area contributed by atoms with Gasteiger partial charge in [-0.3, -0.25) is 4.98 Å². The lowest BCUT2D eigenvalue weighted by atomic mass is 10.0. The van der Waals surface area contributed by atoms with Crippen LogP contribution in [0.3, 0.4) is 0 Å². The molecular weight excluding hydrogens is 470 g/mol. The number of nitrogens with zero attached hydrogens (tertiary/aromatic N) is 2. The van der Waals surface area contributed by atoms with Crippen molar-refractivity contribution in [2.45, 2.75) is 19.0 Å². The second-order valence-electron chi connectivity index (χ2n) is 7.52. The summed E-state index contributed by atoms with van der Waals surface area (Å²) in [7, 11) is 0. The van der Waals surface area contributed by atoms with E-state index in [4.69, 9.17) is 16.6 Å². The van der Waals surface area contributed by atoms with Gasteiger partial charge in [-0.15, -0.1) is 0 Å². The van der Waals surface area contributed by atoms with Gasteiger partial charge in [0, 0.05) is 21.9 Å². The summed E-state index contributed by atoms with van der Waals surface area (Å²) in [6.45, 7) is 2.07. The van der Waals surface area contributed by atoms with Gasteiger partial charge in [0.2, 0.25) is 0 Å². The van der Waals surface area contributed by atoms with Gasteiger partial charge in [-0.2, -0.15) is 0 Å². The molecule has 1 aliphatic rings. The molecule has 1 fully saturated rings. The number of hydrogen-bond acceptors (Lipinski definition) is 3. The summed E-state index contributed by atoms with van der Waals surface area (Å²) in [4.78, 5) is 6.70. The number of furan rings is 1. The molecule has 0 bridgehead atoms. The summed E-state index contributed by atoms with van der Waals surface area (Å²) in [5.74, 6) is 1.64. The van der Waals surface area contributed by atoms with Crippen molar-refractivity contribution < 1.29 is 4.42 Å². The Balaban J connectivity index is 1.60. The lowest BCUT2D eigenvalue weighted by molar-refractivity contribution is 0.439. The molecule has 4 nitrogen and oxygen atoms in total. The van der Waals surface area contributed by atoms with Crippen LogP contribution in [0, 0.1) is 6.92 Å². The number of rotatable bonds is 4. The van der Waals surface area contributed by atoms with Crippen LogP contribution in [0.4, 0.5) is 5.69 Å². The largest absolute Gasteiger partial charge is 0.459 e. The predicted molar refractivity (Wildman–Crippen MR) is 131 cm³/mol. The summed E-state index contributed by atoms with van der Waals surface area (Å²) < 4.78 is 7.44. The van der Waals surface area contributed by atoms with Gasteiger partial charge in [-0.05, 0) is 73.2 Å². The van der Waals surface area contributed by atoms with Gasteiger partial charge >= 0.3 is 0 Å². The van der Waals surface area contributed by atoms with Gasteiger partial charge in [-0.25, -0.2) is 0 Å². The number of benzene rings is 2. The van der Waals surface area contributed by atoms with Crippen LogP contribution in [0.1, 0.15) is 29.1 Å². The first kappa shape index (κ1) is 20.0. The molecule has 154 valence electrons. The molecule has 0 unspecified atom stereocenters. The number of halogens is 1. The quantitative estimate of drug-likeness (QED) is 0.327. The van der Waals surface area contributed by atoms with E-state index in [2.05, 4.69) is 68.4 Å². The molecule has 2 atom stereocenters. The Labute approximate surface area is 195 Å². The summed E-state index contributed by atoms with van der Waals surface area (Å²) in [5, 5.41) is 4.11. The van der Waals surface area contributed by atoms with Crippen LogP contribution in [0.5, 0.6) is 0 Å². The third-order valence-electron chi connectivity index (χ3n) is 5.44. The molecule has 4 aromatic rings. The molecule has 0 amide bonds. The van der Waals surface area contributed by atoms with Crippen molar-refractivity contribution in [3.05, 3.63) is 107 Å². The number of anilines is 1. The number of para-hydroxylation sites is 1. The lowest BCUT2D eigenvalue weighted by Gasteiger charge is -2.26. The van der Waals surface area contributed by atoms with E-state index in [-0.39, 0.29) is 12.1 Å². The Morgan fingerprint density at radius 2 is 1.81 bits per heavy atom. The number of aryl methyl sites for hydroxylation is 1. The first-order valence-electron chi connectivity index (χ1n) is 10.0. The highest BCUT2D eigenvalue weighted by Crippen LogP contribution is 2.43. The first-order chi connectivity index (χ1) is 15.1. The van der Waals surface area contributed by atoms with Crippen molar-refractivity contribution in [1.82, 2.24) is 10.3 Å². The van der Waals surface area contributed by atoms with Crippen LogP contribution in [-0.2, 0) is 0 Å². The van der Waals surface area contributed by atoms with E-state index in [0.717, 1.165) is 32.9 Å². The van der Waals surface area contributed by atoms with Gasteiger partial charge in [0.25, 0.3) is 0 Å². The van der Waals surface area contributed by atoms with E-state index in [0.29, 0.717) is 5.11 Å². The minimum atomic E-state index is -0.164. The molecular formula is C25H20BrN3OS. The Kier molecular flexibility index (Phi) is 5.34. The second-order valence-corrected chi connectivity index (χ2v) is 8.76. The zero-order valence-corrected chi connectivity index (χ0v) is 19.2. The van der Waals surface area contributed by atoms with E-state index in [1.54, 1.807) is 6.20 Å². The van der Waals surface area contributed by atoms with Gasteiger partial charge in [0.05, 0.1) is 11.7 Å². The topological polar surface area (TPSA) is 41.3 Å². The van der Waals surface area contributed by atoms with Gasteiger partial charge in [-0.1, -0.05) is 46.3 Å². The van der Waals surface area contributed by atoms with E-state index in [9.17, 15) is 0 Å². The molecule has 2 aromatic carbocycles. The Hall–Kier alpha value is -2.96. The van der Waals surface area contributed by atoms with Gasteiger partial charge in [0.1, 0.15) is 17.6 Å². The van der Waals surface area contributed by atoms with Gasteiger partial charge in [0.15, 0.2) is 5.11 Å². The van der Waals surface area contributed by atoms with Crippen LogP contribution in [0.15, 0.2) is 93.9 Å². The zero-order valence-electron chi connectivity index (χ0n) is 16.8. The standard InChI is InChI=1S/C25H20BrN3OS/c1-16-10-11-18(19(26)15-16)21-12-13-22(30-21)24-23(20-9-5-6-14-27-20)28-25(31)29(24)17-7-3-2-4-8-17/h2-15,23-24H,1H3,(H,28,31)/t23-,24+/m1/s1. The third kappa shape index (κ3) is 3.77. The van der Waals surface area contributed by atoms with E-state index >= 15 is 0 Å². The first-order valence-corrected chi connectivity index (χ1v) is 11.2. The number of pyridine rings is 1. The number of aromatic nitrogens is 1. The number of nitrogens with one attached hydrogen (secondary N) is 1. The van der Waals surface area contributed by atoms with E-state index in [1.165, 1.54) is 5.56 Å². The van der Waals surface area contributed by atoms with Crippen molar-refractivity contribution in [3.63, 3.8) is 0 Å². The third-order valence-corrected chi connectivity index (χ3v) is 6.41. The lowest BCUT2D eigenvalue weighted by Crippen LogP contribution is -2.29. The molecule has 5 rings (SSSR count). The molecule has 3 heterocycles. The summed E-state index contributed by atoms with van der Waals surface area (Å²) in [6, 6.07) is 26.1. The van der Waals surface area contributed by atoms with Crippen molar-refractivity contribution >= 4 is 38.9 Å². The molecule has 0 radical (unpaired) electrons. The molecule has 2 aromatic heterocycles. The minimum absolute atomic E-state index is 0.130. The van der Waals surface area contributed by atoms with Crippen molar-refractivity contribution in [1.29, 1.82) is 0 Å². The summed E-state index contributed by atoms with van der Waals surface area (Å²) in [6.07, 6.45) is 1.80. The number of hydrogen-bond donors (Lipinski definition) is 1. The second kappa shape index (κ2) is 8.29. The maximum absolute atomic E-state index is 6.43. The fourth-order valence-corrected chi connectivity index (χ4v) is 5.02. The van der Waals surface area contributed by atoms with Crippen LogP contribution < -0.4 is 10.2 Å². The molecule has 0 aliphatic carbocycles. The van der Waals surface area contributed by atoms with Crippen LogP contribution >= 0.6 is 28.1 Å². The average Bonchev–Trinajstić information content (AvgIpc) is 3.39. The van der Waals surface area contributed by atoms with Crippen LogP contribution in [0.2, 0.25) is 0 Å². The Bertz CT molecular complexity index is 1230. The smallest absolute Gasteiger partial charge is 0.174 e. The zero-order chi connectivity index (χ0) is 21.4. The van der Waals surface area contributed by atoms with Crippen molar-refractivity contribution in [3.8, 4) is 11.3 Å². The Morgan fingerprint density at radius 3 is 2.55 bits per heavy atom. The molecule has 1 N–H and O–H groups in total. The maximum Gasteiger partial charge on any atom is 0.174 e. The average molecular weight is 490 g/mol.